The SMILES string of the molecule is COCCCSCCCC(C)(N)CO. The van der Waals surface area contributed by atoms with Gasteiger partial charge in [0.25, 0.3) is 0 Å². The molecule has 0 aromatic rings. The zero-order valence-electron chi connectivity index (χ0n) is 9.29. The van der Waals surface area contributed by atoms with Crippen molar-refractivity contribution in [2.24, 2.45) is 5.73 Å². The van der Waals surface area contributed by atoms with E-state index in [0.717, 1.165) is 37.4 Å². The van der Waals surface area contributed by atoms with Crippen LogP contribution >= 0.6 is 11.8 Å². The molecular weight excluding hydrogens is 198 g/mol. The first-order valence-corrected chi connectivity index (χ1v) is 6.24. The maximum Gasteiger partial charge on any atom is 0.0608 e. The fourth-order valence-corrected chi connectivity index (χ4v) is 1.94. The third-order valence-corrected chi connectivity index (χ3v) is 3.19. The minimum absolute atomic E-state index is 0.0708. The molecule has 0 spiro atoms. The number of aliphatic hydroxyl groups is 1. The van der Waals surface area contributed by atoms with Gasteiger partial charge in [-0.15, -0.1) is 0 Å². The van der Waals surface area contributed by atoms with E-state index in [9.17, 15) is 0 Å². The van der Waals surface area contributed by atoms with E-state index in [4.69, 9.17) is 15.6 Å². The van der Waals surface area contributed by atoms with Crippen LogP contribution in [0.25, 0.3) is 0 Å². The molecule has 0 radical (unpaired) electrons. The Morgan fingerprint density at radius 3 is 2.57 bits per heavy atom. The van der Waals surface area contributed by atoms with Gasteiger partial charge in [-0.3, -0.25) is 0 Å². The van der Waals surface area contributed by atoms with Crippen LogP contribution in [0.2, 0.25) is 0 Å². The van der Waals surface area contributed by atoms with Crippen LogP contribution in [-0.4, -0.2) is 42.5 Å². The zero-order valence-corrected chi connectivity index (χ0v) is 10.1. The molecule has 0 saturated heterocycles. The van der Waals surface area contributed by atoms with E-state index in [0.29, 0.717) is 0 Å². The average Bonchev–Trinajstić information content (AvgIpc) is 2.16. The number of hydrogen-bond donors (Lipinski definition) is 2. The molecule has 14 heavy (non-hydrogen) atoms. The zero-order chi connectivity index (χ0) is 10.9. The summed E-state index contributed by atoms with van der Waals surface area (Å²) in [5, 5.41) is 8.92. The number of rotatable bonds is 9. The lowest BCUT2D eigenvalue weighted by Crippen LogP contribution is -2.40. The van der Waals surface area contributed by atoms with Crippen molar-refractivity contribution >= 4 is 11.8 Å². The van der Waals surface area contributed by atoms with Crippen molar-refractivity contribution in [2.45, 2.75) is 31.7 Å². The molecule has 1 atom stereocenters. The summed E-state index contributed by atoms with van der Waals surface area (Å²) < 4.78 is 4.95. The van der Waals surface area contributed by atoms with E-state index in [1.165, 1.54) is 0 Å². The molecule has 0 heterocycles. The first-order chi connectivity index (χ1) is 6.62. The Kier molecular flexibility index (Phi) is 8.67. The van der Waals surface area contributed by atoms with E-state index in [1.54, 1.807) is 7.11 Å². The van der Waals surface area contributed by atoms with E-state index < -0.39 is 5.54 Å². The molecule has 0 aromatic heterocycles. The quantitative estimate of drug-likeness (QED) is 0.575. The van der Waals surface area contributed by atoms with Gasteiger partial charge in [-0.2, -0.15) is 11.8 Å². The molecule has 4 heteroatoms. The van der Waals surface area contributed by atoms with Crippen molar-refractivity contribution in [3.8, 4) is 0 Å². The number of aliphatic hydroxyl groups excluding tert-OH is 1. The Hall–Kier alpha value is 0.230. The summed E-state index contributed by atoms with van der Waals surface area (Å²) in [5.74, 6) is 2.27. The molecule has 1 unspecified atom stereocenters. The summed E-state index contributed by atoms with van der Waals surface area (Å²) in [7, 11) is 1.73. The van der Waals surface area contributed by atoms with Crippen LogP contribution in [0.1, 0.15) is 26.2 Å². The second-order valence-electron chi connectivity index (χ2n) is 3.87. The Labute approximate surface area is 91.4 Å². The largest absolute Gasteiger partial charge is 0.394 e. The molecule has 0 fully saturated rings. The van der Waals surface area contributed by atoms with Crippen molar-refractivity contribution in [1.82, 2.24) is 0 Å². The maximum atomic E-state index is 8.92. The number of ether oxygens (including phenoxy) is 1. The van der Waals surface area contributed by atoms with Crippen molar-refractivity contribution in [3.63, 3.8) is 0 Å². The molecule has 86 valence electrons. The Balaban J connectivity index is 3.13. The van der Waals surface area contributed by atoms with Gasteiger partial charge < -0.3 is 15.6 Å². The fraction of sp³-hybridized carbons (Fsp3) is 1.00. The summed E-state index contributed by atoms with van der Waals surface area (Å²) in [4.78, 5) is 0. The molecule has 0 amide bonds. The summed E-state index contributed by atoms with van der Waals surface area (Å²) >= 11 is 1.93. The Morgan fingerprint density at radius 1 is 1.36 bits per heavy atom. The van der Waals surface area contributed by atoms with Gasteiger partial charge in [0.1, 0.15) is 0 Å². The number of nitrogens with two attached hydrogens (primary N) is 1. The lowest BCUT2D eigenvalue weighted by atomic mass is 9.99. The first kappa shape index (κ1) is 14.2. The molecule has 3 nitrogen and oxygen atoms in total. The first-order valence-electron chi connectivity index (χ1n) is 5.09. The number of methoxy groups -OCH3 is 1. The summed E-state index contributed by atoms with van der Waals surface area (Å²) in [6.45, 7) is 2.81. The van der Waals surface area contributed by atoms with Crippen LogP contribution in [0.4, 0.5) is 0 Å². The van der Waals surface area contributed by atoms with Crippen molar-refractivity contribution in [1.29, 1.82) is 0 Å². The smallest absolute Gasteiger partial charge is 0.0608 e. The second kappa shape index (κ2) is 8.53. The van der Waals surface area contributed by atoms with Crippen LogP contribution < -0.4 is 5.73 Å². The van der Waals surface area contributed by atoms with E-state index in [2.05, 4.69) is 0 Å². The highest BCUT2D eigenvalue weighted by atomic mass is 32.2. The predicted molar refractivity (Wildman–Crippen MR) is 62.7 cm³/mol. The molecule has 3 N–H and O–H groups in total. The van der Waals surface area contributed by atoms with Gasteiger partial charge in [-0.25, -0.2) is 0 Å². The minimum Gasteiger partial charge on any atom is -0.394 e. The fourth-order valence-electron chi connectivity index (χ4n) is 1.06. The minimum atomic E-state index is -0.396. The molecule has 0 aliphatic heterocycles. The van der Waals surface area contributed by atoms with Crippen molar-refractivity contribution in [3.05, 3.63) is 0 Å². The molecular formula is C10H23NO2S. The molecule has 0 saturated carbocycles. The topological polar surface area (TPSA) is 55.5 Å². The van der Waals surface area contributed by atoms with Crippen LogP contribution in [0.15, 0.2) is 0 Å². The third kappa shape index (κ3) is 8.81. The van der Waals surface area contributed by atoms with Gasteiger partial charge in [0, 0.05) is 19.3 Å². The highest BCUT2D eigenvalue weighted by molar-refractivity contribution is 7.99. The van der Waals surface area contributed by atoms with Gasteiger partial charge in [0.2, 0.25) is 0 Å². The molecule has 0 aliphatic carbocycles. The van der Waals surface area contributed by atoms with Crippen LogP contribution in [0, 0.1) is 0 Å². The van der Waals surface area contributed by atoms with Gasteiger partial charge in [0.05, 0.1) is 6.61 Å². The lowest BCUT2D eigenvalue weighted by molar-refractivity contribution is 0.199. The third-order valence-electron chi connectivity index (χ3n) is 2.03. The lowest BCUT2D eigenvalue weighted by Gasteiger charge is -2.20. The van der Waals surface area contributed by atoms with Gasteiger partial charge in [-0.05, 0) is 37.7 Å². The standard InChI is InChI=1S/C10H23NO2S/c1-10(11,9-12)5-3-7-14-8-4-6-13-2/h12H,3-9,11H2,1-2H3. The average molecular weight is 221 g/mol. The van der Waals surface area contributed by atoms with Gasteiger partial charge >= 0.3 is 0 Å². The highest BCUT2D eigenvalue weighted by Crippen LogP contribution is 2.12. The summed E-state index contributed by atoms with van der Waals surface area (Å²) in [5.41, 5.74) is 5.40. The Bertz CT molecular complexity index is 131. The van der Waals surface area contributed by atoms with E-state index >= 15 is 0 Å². The normalized spacial score (nSPS) is 15.4. The van der Waals surface area contributed by atoms with Gasteiger partial charge in [-0.1, -0.05) is 0 Å². The monoisotopic (exact) mass is 221 g/mol. The molecule has 0 aliphatic rings. The van der Waals surface area contributed by atoms with Crippen molar-refractivity contribution < 1.29 is 9.84 Å². The van der Waals surface area contributed by atoms with Gasteiger partial charge in [0.15, 0.2) is 0 Å². The number of thioether (sulfide) groups is 1. The van der Waals surface area contributed by atoms with Crippen molar-refractivity contribution in [2.75, 3.05) is 31.8 Å². The predicted octanol–water partition coefficient (Wildman–Crippen LogP) is 1.25. The van der Waals surface area contributed by atoms with E-state index in [-0.39, 0.29) is 6.61 Å². The Morgan fingerprint density at radius 2 is 2.00 bits per heavy atom. The molecule has 0 bridgehead atoms. The van der Waals surface area contributed by atoms with Crippen LogP contribution in [0.3, 0.4) is 0 Å². The second-order valence-corrected chi connectivity index (χ2v) is 5.10. The van der Waals surface area contributed by atoms with E-state index in [1.807, 2.05) is 18.7 Å². The summed E-state index contributed by atoms with van der Waals surface area (Å²) in [6, 6.07) is 0. The maximum absolute atomic E-state index is 8.92. The summed E-state index contributed by atoms with van der Waals surface area (Å²) in [6.07, 6.45) is 3.08. The van der Waals surface area contributed by atoms with Crippen LogP contribution in [0.5, 0.6) is 0 Å². The molecule has 0 aromatic carbocycles. The highest BCUT2D eigenvalue weighted by Gasteiger charge is 2.15. The number of hydrogen-bond acceptors (Lipinski definition) is 4. The van der Waals surface area contributed by atoms with Crippen LogP contribution in [-0.2, 0) is 4.74 Å². The molecule has 0 rings (SSSR count).